The van der Waals surface area contributed by atoms with Crippen LogP contribution in [0.2, 0.25) is 0 Å². The maximum atomic E-state index is 13.7. The average molecular weight is 485 g/mol. The molecule has 0 saturated carbocycles. The molecule has 0 spiro atoms. The van der Waals surface area contributed by atoms with Crippen LogP contribution in [-0.4, -0.2) is 38.5 Å². The third-order valence-corrected chi connectivity index (χ3v) is 7.23. The van der Waals surface area contributed by atoms with Gasteiger partial charge in [0.15, 0.2) is 0 Å². The van der Waals surface area contributed by atoms with Crippen LogP contribution in [0.1, 0.15) is 17.5 Å². The van der Waals surface area contributed by atoms with Crippen molar-refractivity contribution < 1.29 is 32.2 Å². The van der Waals surface area contributed by atoms with Gasteiger partial charge in [-0.3, -0.25) is 5.32 Å². The zero-order chi connectivity index (χ0) is 24.3. The van der Waals surface area contributed by atoms with Gasteiger partial charge in [-0.05, 0) is 37.1 Å². The number of ether oxygens (including phenoxy) is 3. The number of fused-ring (bicyclic) bond motifs is 1. The number of hydrogen-bond donors (Lipinski definition) is 1. The van der Waals surface area contributed by atoms with E-state index in [4.69, 9.17) is 9.47 Å². The van der Waals surface area contributed by atoms with E-state index in [1.165, 1.54) is 19.2 Å². The Hall–Kier alpha value is -3.79. The molecule has 2 heterocycles. The van der Waals surface area contributed by atoms with Crippen LogP contribution < -0.4 is 5.32 Å². The first kappa shape index (κ1) is 23.4. The zero-order valence-electron chi connectivity index (χ0n) is 18.7. The molecule has 0 aromatic heterocycles. The Morgan fingerprint density at radius 3 is 2.53 bits per heavy atom. The number of nitrogens with one attached hydrogen (secondary N) is 1. The summed E-state index contributed by atoms with van der Waals surface area (Å²) >= 11 is 0. The highest BCUT2D eigenvalue weighted by molar-refractivity contribution is 7.89. The van der Waals surface area contributed by atoms with E-state index in [2.05, 4.69) is 10.1 Å². The minimum absolute atomic E-state index is 0.0269. The first-order chi connectivity index (χ1) is 16.3. The van der Waals surface area contributed by atoms with Crippen LogP contribution in [0.3, 0.4) is 0 Å². The summed E-state index contributed by atoms with van der Waals surface area (Å²) in [4.78, 5) is 24.4. The number of alkyl carbamates (subject to hydrolysis) is 1. The van der Waals surface area contributed by atoms with E-state index < -0.39 is 28.0 Å². The predicted molar refractivity (Wildman–Crippen MR) is 121 cm³/mol. The Balaban J connectivity index is 1.78. The lowest BCUT2D eigenvalue weighted by Crippen LogP contribution is -2.39. The molecule has 1 atom stereocenters. The fourth-order valence-electron chi connectivity index (χ4n) is 3.68. The Labute approximate surface area is 197 Å². The number of cyclic esters (lactones) is 1. The fraction of sp³-hybridized carbons (Fsp3) is 0.250. The van der Waals surface area contributed by atoms with Gasteiger partial charge in [0.1, 0.15) is 5.57 Å². The predicted octanol–water partition coefficient (Wildman–Crippen LogP) is 3.19. The summed E-state index contributed by atoms with van der Waals surface area (Å²) in [6.45, 7) is 2.00. The Morgan fingerprint density at radius 1 is 1.15 bits per heavy atom. The second-order valence-electron chi connectivity index (χ2n) is 7.81. The molecule has 2 aliphatic rings. The van der Waals surface area contributed by atoms with E-state index in [1.807, 2.05) is 25.1 Å². The normalized spacial score (nSPS) is 17.6. The molecule has 1 N–H and O–H groups in total. The maximum absolute atomic E-state index is 13.7. The molecule has 2 aromatic carbocycles. The molecule has 2 aliphatic heterocycles. The molecule has 4 rings (SSSR count). The molecule has 0 aliphatic carbocycles. The highest BCUT2D eigenvalue weighted by atomic mass is 32.2. The molecule has 1 fully saturated rings. The lowest BCUT2D eigenvalue weighted by molar-refractivity contribution is -0.142. The molecular weight excluding hydrogens is 460 g/mol. The van der Waals surface area contributed by atoms with Crippen LogP contribution >= 0.6 is 0 Å². The molecule has 1 amide bonds. The van der Waals surface area contributed by atoms with Crippen LogP contribution in [0.25, 0.3) is 0 Å². The summed E-state index contributed by atoms with van der Waals surface area (Å²) in [7, 11) is -2.90. The number of benzene rings is 2. The monoisotopic (exact) mass is 484 g/mol. The van der Waals surface area contributed by atoms with Gasteiger partial charge in [-0.15, -0.1) is 0 Å². The summed E-state index contributed by atoms with van der Waals surface area (Å²) < 4.78 is 44.2. The van der Waals surface area contributed by atoms with Crippen molar-refractivity contribution >= 4 is 22.1 Å². The van der Waals surface area contributed by atoms with Gasteiger partial charge in [0.05, 0.1) is 25.2 Å². The van der Waals surface area contributed by atoms with Gasteiger partial charge in [0.2, 0.25) is 11.8 Å². The molecule has 34 heavy (non-hydrogen) atoms. The number of rotatable bonds is 6. The van der Waals surface area contributed by atoms with E-state index in [0.717, 1.165) is 15.4 Å². The second-order valence-corrected chi connectivity index (χ2v) is 9.67. The van der Waals surface area contributed by atoms with Crippen molar-refractivity contribution in [2.75, 3.05) is 13.7 Å². The van der Waals surface area contributed by atoms with E-state index in [1.54, 1.807) is 30.3 Å². The van der Waals surface area contributed by atoms with Crippen molar-refractivity contribution in [2.24, 2.45) is 5.92 Å². The van der Waals surface area contributed by atoms with E-state index in [9.17, 15) is 18.0 Å². The molecular formula is C24H24N2O7S. The van der Waals surface area contributed by atoms with Crippen molar-refractivity contribution in [3.8, 4) is 0 Å². The van der Waals surface area contributed by atoms with Crippen molar-refractivity contribution in [2.45, 2.75) is 24.8 Å². The number of esters is 1. The minimum Gasteiger partial charge on any atom is -0.462 e. The highest BCUT2D eigenvalue weighted by Crippen LogP contribution is 2.36. The number of hydrogen-bond acceptors (Lipinski definition) is 7. The van der Waals surface area contributed by atoms with Crippen LogP contribution in [0.4, 0.5) is 4.79 Å². The van der Waals surface area contributed by atoms with E-state index >= 15 is 0 Å². The lowest BCUT2D eigenvalue weighted by atomic mass is 9.92. The Kier molecular flexibility index (Phi) is 6.60. The van der Waals surface area contributed by atoms with E-state index in [-0.39, 0.29) is 35.4 Å². The maximum Gasteiger partial charge on any atom is 0.413 e. The summed E-state index contributed by atoms with van der Waals surface area (Å²) in [5.41, 5.74) is 1.75. The number of allylic oxidation sites excluding steroid dienone is 1. The molecule has 0 radical (unpaired) electrons. The molecule has 0 unspecified atom stereocenters. The fourth-order valence-corrected chi connectivity index (χ4v) is 5.07. The number of sulfonamides is 1. The number of carbonyl (C=O) groups excluding carboxylic acids is 2. The van der Waals surface area contributed by atoms with Crippen LogP contribution in [0, 0.1) is 12.8 Å². The van der Waals surface area contributed by atoms with Crippen molar-refractivity contribution in [3.05, 3.63) is 89.1 Å². The number of amides is 1. The van der Waals surface area contributed by atoms with Crippen molar-refractivity contribution in [1.29, 1.82) is 0 Å². The summed E-state index contributed by atoms with van der Waals surface area (Å²) in [5, 5.41) is 2.38. The molecule has 10 heteroatoms. The molecule has 9 nitrogen and oxygen atoms in total. The van der Waals surface area contributed by atoms with E-state index in [0.29, 0.717) is 6.42 Å². The quantitative estimate of drug-likeness (QED) is 0.627. The number of methoxy groups -OCH3 is 1. The average Bonchev–Trinajstić information content (AvgIpc) is 2.83. The summed E-state index contributed by atoms with van der Waals surface area (Å²) in [6.07, 6.45) is 1.12. The smallest absolute Gasteiger partial charge is 0.413 e. The topological polar surface area (TPSA) is 111 Å². The first-order valence-corrected chi connectivity index (χ1v) is 12.0. The Morgan fingerprint density at radius 2 is 1.85 bits per heavy atom. The SMILES string of the molecule is COC(=O)NC1=C2C(=O)OCC[C@@H]2C=C(N(Cc2ccccc2)S(=O)(=O)c2ccc(C)cc2)O1. The molecule has 178 valence electrons. The molecule has 2 aromatic rings. The summed E-state index contributed by atoms with van der Waals surface area (Å²) in [6, 6.07) is 15.5. The number of aryl methyl sites for hydroxylation is 1. The molecule has 1 saturated heterocycles. The van der Waals surface area contributed by atoms with Crippen LogP contribution in [-0.2, 0) is 35.6 Å². The van der Waals surface area contributed by atoms with Gasteiger partial charge in [-0.1, -0.05) is 48.0 Å². The van der Waals surface area contributed by atoms with Gasteiger partial charge in [-0.25, -0.2) is 22.3 Å². The van der Waals surface area contributed by atoms with Crippen molar-refractivity contribution in [1.82, 2.24) is 9.62 Å². The zero-order valence-corrected chi connectivity index (χ0v) is 19.5. The Bertz CT molecular complexity index is 1250. The third kappa shape index (κ3) is 4.76. The largest absolute Gasteiger partial charge is 0.462 e. The van der Waals surface area contributed by atoms with Crippen LogP contribution in [0.15, 0.2) is 82.9 Å². The van der Waals surface area contributed by atoms with Gasteiger partial charge >= 0.3 is 12.1 Å². The number of carbonyl (C=O) groups is 2. The first-order valence-electron chi connectivity index (χ1n) is 10.6. The summed E-state index contributed by atoms with van der Waals surface area (Å²) in [5.74, 6) is -1.40. The number of nitrogens with zero attached hydrogens (tertiary/aromatic N) is 1. The standard InChI is InChI=1S/C24H24N2O7S/c1-16-8-10-19(11-9-16)34(29,30)26(15-17-6-4-3-5-7-17)20-14-18-12-13-32-23(27)21(18)22(33-20)25-24(28)31-2/h3-11,14,18H,12-13,15H2,1-2H3,(H,25,28)/t18-/m1/s1. The van der Waals surface area contributed by atoms with Crippen LogP contribution in [0.5, 0.6) is 0 Å². The highest BCUT2D eigenvalue weighted by Gasteiger charge is 2.39. The van der Waals surface area contributed by atoms with Gasteiger partial charge in [0.25, 0.3) is 10.0 Å². The van der Waals surface area contributed by atoms with Gasteiger partial charge < -0.3 is 14.2 Å². The lowest BCUT2D eigenvalue weighted by Gasteiger charge is -2.34. The minimum atomic E-state index is -4.07. The molecule has 0 bridgehead atoms. The second kappa shape index (κ2) is 9.60. The van der Waals surface area contributed by atoms with Crippen molar-refractivity contribution in [3.63, 3.8) is 0 Å². The van der Waals surface area contributed by atoms with Gasteiger partial charge in [0, 0.05) is 5.92 Å². The van der Waals surface area contributed by atoms with Gasteiger partial charge in [-0.2, -0.15) is 0 Å². The third-order valence-electron chi connectivity index (χ3n) is 5.47.